The first kappa shape index (κ1) is 47.6. The number of amides is 2. The van der Waals surface area contributed by atoms with E-state index in [1.54, 1.807) is 23.5 Å². The maximum absolute atomic E-state index is 14.3. The first-order valence-electron chi connectivity index (χ1n) is 25.4. The van der Waals surface area contributed by atoms with Crippen LogP contribution in [0.5, 0.6) is 5.75 Å². The van der Waals surface area contributed by atoms with E-state index >= 15 is 0 Å². The van der Waals surface area contributed by atoms with Gasteiger partial charge < -0.3 is 44.6 Å². The highest BCUT2D eigenvalue weighted by molar-refractivity contribution is 7.13. The van der Waals surface area contributed by atoms with Gasteiger partial charge in [-0.15, -0.1) is 21.5 Å². The van der Waals surface area contributed by atoms with Crippen molar-refractivity contribution in [2.24, 2.45) is 5.92 Å². The number of aliphatic hydroxyl groups excluding tert-OH is 1. The highest BCUT2D eigenvalue weighted by atomic mass is 32.1. The van der Waals surface area contributed by atoms with E-state index in [4.69, 9.17) is 14.5 Å². The topological polar surface area (TPSA) is 206 Å². The highest BCUT2D eigenvalue weighted by Crippen LogP contribution is 2.40. The summed E-state index contributed by atoms with van der Waals surface area (Å²) < 4.78 is 5.94. The Hall–Kier alpha value is -6.76. The number of likely N-dealkylation sites (tertiary alicyclic amines) is 2. The third-order valence-electron chi connectivity index (χ3n) is 15.6. The number of anilines is 2. The van der Waals surface area contributed by atoms with Crippen molar-refractivity contribution in [1.82, 2.24) is 50.4 Å². The molecule has 18 heteroatoms. The summed E-state index contributed by atoms with van der Waals surface area (Å²) >= 11 is 1.60. The van der Waals surface area contributed by atoms with Gasteiger partial charge in [0.2, 0.25) is 17.8 Å². The molecular formula is C54H62N12O5S. The molecule has 7 aromatic rings. The van der Waals surface area contributed by atoms with Gasteiger partial charge in [0.25, 0.3) is 0 Å². The Kier molecular flexibility index (Phi) is 13.2. The molecule has 3 fully saturated rings. The van der Waals surface area contributed by atoms with Gasteiger partial charge in [0.1, 0.15) is 17.7 Å². The van der Waals surface area contributed by atoms with E-state index in [-0.39, 0.29) is 42.5 Å². The summed E-state index contributed by atoms with van der Waals surface area (Å²) in [7, 11) is 0. The SMILES string of the molecule is Cc1ncsc1-c1ccc(CNC(=O)[C@@H]2C[C@@H](O)CN2C(=O)C(c2cc(N3CCC(N4CCC(c5cnc(N6CCc7[nH]c8nnc(-c9ccccc9O)cc8c7[C@H]6C)nc5)CC4)CC3)no2)C(C)C)cc1. The predicted octanol–water partition coefficient (Wildman–Crippen LogP) is 7.53. The minimum atomic E-state index is -0.797. The number of aliphatic hydroxyl groups is 1. The molecule has 1 unspecified atom stereocenters. The number of carbonyl (C=O) groups is 2. The first-order valence-corrected chi connectivity index (χ1v) is 26.3. The summed E-state index contributed by atoms with van der Waals surface area (Å²) in [5.74, 6) is 1.20. The van der Waals surface area contributed by atoms with Crippen molar-refractivity contribution >= 4 is 46.0 Å². The number of fused-ring (bicyclic) bond motifs is 3. The van der Waals surface area contributed by atoms with Crippen molar-refractivity contribution in [3.8, 4) is 27.4 Å². The van der Waals surface area contributed by atoms with Crippen molar-refractivity contribution in [2.75, 3.05) is 49.1 Å². The van der Waals surface area contributed by atoms with E-state index in [0.29, 0.717) is 35.5 Å². The van der Waals surface area contributed by atoms with Gasteiger partial charge in [-0.1, -0.05) is 55.4 Å². The van der Waals surface area contributed by atoms with Crippen LogP contribution < -0.4 is 15.1 Å². The largest absolute Gasteiger partial charge is 0.507 e. The van der Waals surface area contributed by atoms with Crippen molar-refractivity contribution < 1.29 is 24.3 Å². The molecule has 4 atom stereocenters. The maximum Gasteiger partial charge on any atom is 0.243 e. The molecule has 9 heterocycles. The Morgan fingerprint density at radius 2 is 1.71 bits per heavy atom. The van der Waals surface area contributed by atoms with Crippen molar-refractivity contribution in [1.29, 1.82) is 0 Å². The molecule has 4 aliphatic rings. The first-order chi connectivity index (χ1) is 35.0. The molecule has 0 spiro atoms. The maximum atomic E-state index is 14.3. The number of phenols is 1. The van der Waals surface area contributed by atoms with Crippen LogP contribution in [0.15, 0.2) is 83.1 Å². The van der Waals surface area contributed by atoms with Crippen LogP contribution in [0.1, 0.15) is 105 Å². The Balaban J connectivity index is 0.665. The van der Waals surface area contributed by atoms with Crippen LogP contribution in [0.2, 0.25) is 0 Å². The number of aryl methyl sites for hydroxylation is 1. The molecule has 0 aliphatic carbocycles. The number of thiazole rings is 1. The van der Waals surface area contributed by atoms with E-state index in [2.05, 4.69) is 52.3 Å². The fourth-order valence-electron chi connectivity index (χ4n) is 11.6. The summed E-state index contributed by atoms with van der Waals surface area (Å²) in [5.41, 5.74) is 10.4. The number of H-pyrrole nitrogens is 1. The number of aromatic hydroxyl groups is 1. The zero-order chi connectivity index (χ0) is 49.6. The summed E-state index contributed by atoms with van der Waals surface area (Å²) in [6, 6.07) is 18.9. The number of hydrogen-bond acceptors (Lipinski definition) is 15. The second-order valence-corrected chi connectivity index (χ2v) is 21.2. The number of piperidine rings is 2. The van der Waals surface area contributed by atoms with Gasteiger partial charge in [-0.2, -0.15) is 0 Å². The number of β-amino-alcohol motifs (C(OH)–C–C–N with tert-alkyl or cyclic N) is 1. The summed E-state index contributed by atoms with van der Waals surface area (Å²) in [5, 5.41) is 38.6. The van der Waals surface area contributed by atoms with E-state index in [0.717, 1.165) is 115 Å². The molecule has 2 aromatic carbocycles. The molecule has 4 N–H and O–H groups in total. The molecule has 374 valence electrons. The van der Waals surface area contributed by atoms with Crippen LogP contribution in [-0.2, 0) is 22.6 Å². The lowest BCUT2D eigenvalue weighted by molar-refractivity contribution is -0.141. The Morgan fingerprint density at radius 3 is 2.43 bits per heavy atom. The normalized spacial score (nSPS) is 20.6. The number of rotatable bonds is 12. The second kappa shape index (κ2) is 20.0. The van der Waals surface area contributed by atoms with E-state index in [1.165, 1.54) is 16.0 Å². The lowest BCUT2D eigenvalue weighted by atomic mass is 9.89. The molecule has 72 heavy (non-hydrogen) atoms. The van der Waals surface area contributed by atoms with Crippen molar-refractivity contribution in [3.05, 3.63) is 112 Å². The van der Waals surface area contributed by atoms with E-state index < -0.39 is 18.1 Å². The van der Waals surface area contributed by atoms with Gasteiger partial charge >= 0.3 is 0 Å². The number of aromatic nitrogens is 7. The highest BCUT2D eigenvalue weighted by Gasteiger charge is 2.43. The predicted molar refractivity (Wildman–Crippen MR) is 276 cm³/mol. The summed E-state index contributed by atoms with van der Waals surface area (Å²) in [6.45, 7) is 13.0. The molecule has 0 radical (unpaired) electrons. The van der Waals surface area contributed by atoms with Crippen LogP contribution in [0, 0.1) is 12.8 Å². The standard InChI is InChI=1S/C54H62N12O5S/c1-31(2)48(53(70)66-29-39(67)23-44(66)52(69)55-26-34-9-11-36(12-10-34)50-32(3)58-30-72-50)46-25-47(62-71-46)64-20-15-38(16-21-64)63-18-13-35(14-19-63)37-27-56-54(57-28-37)65-22-17-42-49(33(65)4)41-24-43(60-61-51(41)59-42)40-7-5-6-8-45(40)68/h5-12,24-25,27-28,30-31,33,35,38-39,44,48,67-68H,13-23,26,29H2,1-4H3,(H,55,69)(H,59,61)/t33-,39-,44+,48?/m1/s1. The minimum absolute atomic E-state index is 0.0167. The molecule has 0 bridgehead atoms. The van der Waals surface area contributed by atoms with Gasteiger partial charge in [-0.05, 0) is 99.3 Å². The molecule has 0 saturated carbocycles. The zero-order valence-corrected chi connectivity index (χ0v) is 42.1. The quantitative estimate of drug-likeness (QED) is 0.0935. The average molecular weight is 991 g/mol. The summed E-state index contributed by atoms with van der Waals surface area (Å²) in [4.78, 5) is 55.5. The number of phenolic OH excluding ortho intramolecular Hbond substituents is 1. The molecule has 11 rings (SSSR count). The fraction of sp³-hybridized carbons (Fsp3) is 0.444. The van der Waals surface area contributed by atoms with E-state index in [1.807, 2.05) is 87.2 Å². The van der Waals surface area contributed by atoms with Gasteiger partial charge in [0, 0.05) is 92.3 Å². The van der Waals surface area contributed by atoms with Gasteiger partial charge in [-0.25, -0.2) is 15.0 Å². The zero-order valence-electron chi connectivity index (χ0n) is 41.2. The number of nitrogens with zero attached hydrogens (tertiary/aromatic N) is 10. The summed E-state index contributed by atoms with van der Waals surface area (Å²) in [6.07, 6.45) is 8.37. The average Bonchev–Trinajstić information content (AvgIpc) is 4.23. The number of para-hydroxylation sites is 1. The van der Waals surface area contributed by atoms with Gasteiger partial charge in [-0.3, -0.25) is 9.59 Å². The monoisotopic (exact) mass is 990 g/mol. The van der Waals surface area contributed by atoms with Gasteiger partial charge in [0.05, 0.1) is 33.9 Å². The van der Waals surface area contributed by atoms with Crippen molar-refractivity contribution in [2.45, 2.75) is 109 Å². The number of benzene rings is 2. The molecule has 4 aliphatic heterocycles. The lowest BCUT2D eigenvalue weighted by Gasteiger charge is -2.41. The van der Waals surface area contributed by atoms with Gasteiger partial charge in [0.15, 0.2) is 17.2 Å². The third kappa shape index (κ3) is 9.31. The van der Waals surface area contributed by atoms with Crippen LogP contribution in [0.25, 0.3) is 32.7 Å². The third-order valence-corrected chi connectivity index (χ3v) is 16.6. The molecule has 5 aromatic heterocycles. The number of nitrogens with one attached hydrogen (secondary N) is 2. The van der Waals surface area contributed by atoms with Crippen LogP contribution in [-0.4, -0.2) is 125 Å². The smallest absolute Gasteiger partial charge is 0.243 e. The fourth-order valence-corrected chi connectivity index (χ4v) is 12.4. The van der Waals surface area contributed by atoms with Crippen LogP contribution in [0.3, 0.4) is 0 Å². The Morgan fingerprint density at radius 1 is 0.944 bits per heavy atom. The van der Waals surface area contributed by atoms with Crippen molar-refractivity contribution in [3.63, 3.8) is 0 Å². The molecule has 17 nitrogen and oxygen atoms in total. The number of hydrogen-bond donors (Lipinski definition) is 4. The number of aromatic amines is 1. The van der Waals surface area contributed by atoms with E-state index in [9.17, 15) is 19.8 Å². The number of carbonyl (C=O) groups excluding carboxylic acids is 2. The Labute approximate surface area is 422 Å². The lowest BCUT2D eigenvalue weighted by Crippen LogP contribution is -2.48. The molecular weight excluding hydrogens is 929 g/mol. The van der Waals surface area contributed by atoms with Crippen LogP contribution in [0.4, 0.5) is 11.8 Å². The Bertz CT molecular complexity index is 3050. The molecule has 3 saturated heterocycles. The molecule has 2 amide bonds. The van der Waals surface area contributed by atoms with Crippen LogP contribution >= 0.6 is 11.3 Å². The minimum Gasteiger partial charge on any atom is -0.507 e. The second-order valence-electron chi connectivity index (χ2n) is 20.4.